The average molecular weight is 389 g/mol. The highest BCUT2D eigenvalue weighted by Crippen LogP contribution is 2.27. The number of benzene rings is 1. The van der Waals surface area contributed by atoms with Crippen molar-refractivity contribution in [3.63, 3.8) is 0 Å². The van der Waals surface area contributed by atoms with Crippen molar-refractivity contribution in [2.75, 3.05) is 30.5 Å². The van der Waals surface area contributed by atoms with Gasteiger partial charge in [-0.3, -0.25) is 4.79 Å². The molecule has 0 bridgehead atoms. The molecule has 0 aliphatic carbocycles. The highest BCUT2D eigenvalue weighted by molar-refractivity contribution is 7.99. The fourth-order valence-electron chi connectivity index (χ4n) is 2.41. The van der Waals surface area contributed by atoms with Gasteiger partial charge in [0.25, 0.3) is 0 Å². The predicted octanol–water partition coefficient (Wildman–Crippen LogP) is 2.72. The zero-order chi connectivity index (χ0) is 17.5. The van der Waals surface area contributed by atoms with Crippen LogP contribution in [0.25, 0.3) is 0 Å². The molecule has 1 saturated heterocycles. The van der Waals surface area contributed by atoms with Crippen molar-refractivity contribution in [1.82, 2.24) is 5.32 Å². The van der Waals surface area contributed by atoms with Crippen molar-refractivity contribution in [2.24, 2.45) is 0 Å². The normalized spacial score (nSPS) is 16.7. The van der Waals surface area contributed by atoms with Crippen LogP contribution in [0.5, 0.6) is 5.75 Å². The van der Waals surface area contributed by atoms with Crippen LogP contribution in [-0.4, -0.2) is 49.2 Å². The van der Waals surface area contributed by atoms with Gasteiger partial charge < -0.3 is 20.1 Å². The Kier molecular flexibility index (Phi) is 9.10. The lowest BCUT2D eigenvalue weighted by atomic mass is 10.1. The minimum Gasteiger partial charge on any atom is -0.489 e. The number of methoxy groups -OCH3 is 1. The van der Waals surface area contributed by atoms with E-state index in [-0.39, 0.29) is 30.5 Å². The van der Waals surface area contributed by atoms with Gasteiger partial charge in [-0.1, -0.05) is 0 Å². The first-order chi connectivity index (χ1) is 11.5. The minimum atomic E-state index is -0.452. The summed E-state index contributed by atoms with van der Waals surface area (Å²) in [7, 11) is 1.32. The molecule has 1 fully saturated rings. The second-order valence-corrected chi connectivity index (χ2v) is 7.00. The van der Waals surface area contributed by atoms with Crippen LogP contribution >= 0.6 is 24.2 Å². The van der Waals surface area contributed by atoms with Gasteiger partial charge in [-0.25, -0.2) is 4.79 Å². The summed E-state index contributed by atoms with van der Waals surface area (Å²) in [5, 5.41) is 6.20. The lowest BCUT2D eigenvalue weighted by Crippen LogP contribution is -2.39. The monoisotopic (exact) mass is 388 g/mol. The molecule has 1 aliphatic rings. The number of nitrogens with one attached hydrogen (secondary N) is 2. The summed E-state index contributed by atoms with van der Waals surface area (Å²) < 4.78 is 10.5. The van der Waals surface area contributed by atoms with E-state index in [1.165, 1.54) is 7.11 Å². The number of carbonyl (C=O) groups is 2. The van der Waals surface area contributed by atoms with Crippen LogP contribution < -0.4 is 15.4 Å². The van der Waals surface area contributed by atoms with Crippen molar-refractivity contribution in [1.29, 1.82) is 0 Å². The summed E-state index contributed by atoms with van der Waals surface area (Å²) in [4.78, 5) is 24.1. The van der Waals surface area contributed by atoms with Crippen LogP contribution in [0.2, 0.25) is 0 Å². The zero-order valence-corrected chi connectivity index (χ0v) is 16.3. The van der Waals surface area contributed by atoms with E-state index < -0.39 is 5.97 Å². The SMILES string of the molecule is COC(=O)c1ccc(OC(C)C)c(NC(=O)CC2CSCCN2)c1.Cl. The summed E-state index contributed by atoms with van der Waals surface area (Å²) in [5.41, 5.74) is 0.857. The van der Waals surface area contributed by atoms with Gasteiger partial charge >= 0.3 is 5.97 Å². The third-order valence-corrected chi connectivity index (χ3v) is 4.60. The number of ether oxygens (including phenoxy) is 2. The number of hydrogen-bond donors (Lipinski definition) is 2. The molecule has 0 spiro atoms. The molecule has 1 atom stereocenters. The van der Waals surface area contributed by atoms with E-state index in [2.05, 4.69) is 10.6 Å². The first-order valence-electron chi connectivity index (χ1n) is 7.99. The van der Waals surface area contributed by atoms with Crippen LogP contribution in [0.3, 0.4) is 0 Å². The Balaban J connectivity index is 0.00000312. The molecule has 140 valence electrons. The Morgan fingerprint density at radius 1 is 1.40 bits per heavy atom. The van der Waals surface area contributed by atoms with E-state index >= 15 is 0 Å². The van der Waals surface area contributed by atoms with Crippen LogP contribution in [0.15, 0.2) is 18.2 Å². The van der Waals surface area contributed by atoms with Crippen LogP contribution in [-0.2, 0) is 9.53 Å². The number of halogens is 1. The number of thioether (sulfide) groups is 1. The van der Waals surface area contributed by atoms with Gasteiger partial charge in [0.1, 0.15) is 5.75 Å². The lowest BCUT2D eigenvalue weighted by molar-refractivity contribution is -0.116. The topological polar surface area (TPSA) is 76.7 Å². The number of hydrogen-bond acceptors (Lipinski definition) is 6. The van der Waals surface area contributed by atoms with E-state index in [1.54, 1.807) is 18.2 Å². The molecule has 2 N–H and O–H groups in total. The summed E-state index contributed by atoms with van der Waals surface area (Å²) >= 11 is 1.84. The quantitative estimate of drug-likeness (QED) is 0.730. The second kappa shape index (κ2) is 10.5. The Labute approximate surface area is 158 Å². The molecule has 0 saturated carbocycles. The van der Waals surface area contributed by atoms with E-state index in [0.29, 0.717) is 23.4 Å². The van der Waals surface area contributed by atoms with E-state index in [0.717, 1.165) is 18.1 Å². The first kappa shape index (κ1) is 21.6. The van der Waals surface area contributed by atoms with Crippen LogP contribution in [0, 0.1) is 0 Å². The van der Waals surface area contributed by atoms with Gasteiger partial charge in [-0.15, -0.1) is 12.4 Å². The van der Waals surface area contributed by atoms with Gasteiger partial charge in [0.15, 0.2) is 0 Å². The molecular formula is C17H25ClN2O4S. The predicted molar refractivity (Wildman–Crippen MR) is 103 cm³/mol. The minimum absolute atomic E-state index is 0. The van der Waals surface area contributed by atoms with Gasteiger partial charge in [0.05, 0.1) is 24.5 Å². The molecule has 1 heterocycles. The highest BCUT2D eigenvalue weighted by atomic mass is 35.5. The molecule has 1 amide bonds. The largest absolute Gasteiger partial charge is 0.489 e. The molecule has 6 nitrogen and oxygen atoms in total. The third kappa shape index (κ3) is 6.76. The Morgan fingerprint density at radius 3 is 2.76 bits per heavy atom. The van der Waals surface area contributed by atoms with Gasteiger partial charge in [0, 0.05) is 30.5 Å². The smallest absolute Gasteiger partial charge is 0.337 e. The maximum atomic E-state index is 12.3. The summed E-state index contributed by atoms with van der Waals surface area (Å²) in [5.74, 6) is 1.98. The molecular weight excluding hydrogens is 364 g/mol. The average Bonchev–Trinajstić information content (AvgIpc) is 2.56. The summed E-state index contributed by atoms with van der Waals surface area (Å²) in [6.07, 6.45) is 0.345. The van der Waals surface area contributed by atoms with Crippen molar-refractivity contribution < 1.29 is 19.1 Å². The molecule has 2 rings (SSSR count). The Bertz CT molecular complexity index is 592. The molecule has 1 aliphatic heterocycles. The number of carbonyl (C=O) groups excluding carboxylic acids is 2. The van der Waals surface area contributed by atoms with Crippen molar-refractivity contribution in [3.05, 3.63) is 23.8 Å². The Hall–Kier alpha value is -1.44. The van der Waals surface area contributed by atoms with Crippen LogP contribution in [0.4, 0.5) is 5.69 Å². The second-order valence-electron chi connectivity index (χ2n) is 5.85. The van der Waals surface area contributed by atoms with E-state index in [1.807, 2.05) is 25.6 Å². The van der Waals surface area contributed by atoms with Crippen molar-refractivity contribution in [3.8, 4) is 5.75 Å². The van der Waals surface area contributed by atoms with Crippen LogP contribution in [0.1, 0.15) is 30.6 Å². The molecule has 1 unspecified atom stereocenters. The summed E-state index contributed by atoms with van der Waals surface area (Å²) in [6.45, 7) is 4.73. The van der Waals surface area contributed by atoms with Gasteiger partial charge in [0.2, 0.25) is 5.91 Å². The molecule has 1 aromatic rings. The fourth-order valence-corrected chi connectivity index (χ4v) is 3.35. The van der Waals surface area contributed by atoms with Gasteiger partial charge in [-0.2, -0.15) is 11.8 Å². The number of esters is 1. The number of rotatable bonds is 6. The molecule has 1 aromatic carbocycles. The fraction of sp³-hybridized carbons (Fsp3) is 0.529. The number of anilines is 1. The zero-order valence-electron chi connectivity index (χ0n) is 14.7. The van der Waals surface area contributed by atoms with Gasteiger partial charge in [-0.05, 0) is 32.0 Å². The molecule has 0 aromatic heterocycles. The lowest BCUT2D eigenvalue weighted by Gasteiger charge is -2.23. The third-order valence-electron chi connectivity index (χ3n) is 3.47. The molecule has 8 heteroatoms. The standard InChI is InChI=1S/C17H24N2O4S.ClH/c1-11(2)23-15-5-4-12(17(21)22-3)8-14(15)19-16(20)9-13-10-24-7-6-18-13;/h4-5,8,11,13,18H,6-7,9-10H2,1-3H3,(H,19,20);1H. The maximum Gasteiger partial charge on any atom is 0.337 e. The highest BCUT2D eigenvalue weighted by Gasteiger charge is 2.19. The van der Waals surface area contributed by atoms with Crippen molar-refractivity contribution in [2.45, 2.75) is 32.4 Å². The molecule has 25 heavy (non-hydrogen) atoms. The summed E-state index contributed by atoms with van der Waals surface area (Å²) in [6, 6.07) is 5.06. The Morgan fingerprint density at radius 2 is 2.16 bits per heavy atom. The number of amides is 1. The first-order valence-corrected chi connectivity index (χ1v) is 9.15. The maximum absolute atomic E-state index is 12.3. The van der Waals surface area contributed by atoms with E-state index in [9.17, 15) is 9.59 Å². The molecule has 0 radical (unpaired) electrons. The van der Waals surface area contributed by atoms with E-state index in [4.69, 9.17) is 9.47 Å². The van der Waals surface area contributed by atoms with Crippen molar-refractivity contribution >= 4 is 41.7 Å².